The summed E-state index contributed by atoms with van der Waals surface area (Å²) in [5.74, 6) is 1.06. The first-order valence-electron chi connectivity index (χ1n) is 7.01. The number of pyridine rings is 1. The van der Waals surface area contributed by atoms with Crippen LogP contribution in [-0.4, -0.2) is 45.8 Å². The van der Waals surface area contributed by atoms with Crippen LogP contribution < -0.4 is 0 Å². The summed E-state index contributed by atoms with van der Waals surface area (Å²) >= 11 is 0. The van der Waals surface area contributed by atoms with E-state index in [0.717, 1.165) is 44.2 Å². The summed E-state index contributed by atoms with van der Waals surface area (Å²) in [7, 11) is 0. The van der Waals surface area contributed by atoms with E-state index in [1.165, 1.54) is 6.42 Å². The number of aromatic nitrogens is 3. The van der Waals surface area contributed by atoms with Gasteiger partial charge in [0.15, 0.2) is 11.5 Å². The second-order valence-corrected chi connectivity index (χ2v) is 4.88. The van der Waals surface area contributed by atoms with E-state index in [2.05, 4.69) is 19.5 Å². The topological polar surface area (TPSA) is 42.7 Å². The average Bonchev–Trinajstić information content (AvgIpc) is 3.04. The van der Waals surface area contributed by atoms with Crippen LogP contribution in [0.3, 0.4) is 0 Å². The van der Waals surface area contributed by atoms with Crippen LogP contribution in [0.25, 0.3) is 5.65 Å². The van der Waals surface area contributed by atoms with Crippen molar-refractivity contribution < 1.29 is 4.74 Å². The summed E-state index contributed by atoms with van der Waals surface area (Å²) in [6.07, 6.45) is 4.42. The molecule has 5 heteroatoms. The van der Waals surface area contributed by atoms with Gasteiger partial charge in [-0.15, -0.1) is 10.2 Å². The van der Waals surface area contributed by atoms with E-state index in [9.17, 15) is 0 Å². The van der Waals surface area contributed by atoms with Crippen molar-refractivity contribution in [2.45, 2.75) is 25.8 Å². The third-order valence-electron chi connectivity index (χ3n) is 3.73. The van der Waals surface area contributed by atoms with Crippen molar-refractivity contribution in [1.29, 1.82) is 0 Å². The molecule has 0 saturated carbocycles. The molecule has 0 amide bonds. The SMILES string of the molecule is CCOCCN1CCCC1c1nnc2ccccn12. The lowest BCUT2D eigenvalue weighted by Crippen LogP contribution is -2.28. The molecule has 2 aromatic rings. The Bertz CT molecular complexity index is 539. The minimum absolute atomic E-state index is 0.373. The lowest BCUT2D eigenvalue weighted by molar-refractivity contribution is 0.107. The summed E-state index contributed by atoms with van der Waals surface area (Å²) in [5, 5.41) is 8.64. The number of nitrogens with zero attached hydrogens (tertiary/aromatic N) is 4. The highest BCUT2D eigenvalue weighted by molar-refractivity contribution is 5.37. The highest BCUT2D eigenvalue weighted by atomic mass is 16.5. The van der Waals surface area contributed by atoms with E-state index in [4.69, 9.17) is 4.74 Å². The Kier molecular flexibility index (Phi) is 3.75. The normalized spacial score (nSPS) is 20.4. The number of fused-ring (bicyclic) bond motifs is 1. The van der Waals surface area contributed by atoms with Gasteiger partial charge in [-0.25, -0.2) is 0 Å². The van der Waals surface area contributed by atoms with E-state index in [-0.39, 0.29) is 0 Å². The van der Waals surface area contributed by atoms with Crippen LogP contribution in [0.2, 0.25) is 0 Å². The molecule has 0 N–H and O–H groups in total. The van der Waals surface area contributed by atoms with Crippen molar-refractivity contribution >= 4 is 5.65 Å². The molecule has 102 valence electrons. The molecular formula is C14H20N4O. The second kappa shape index (κ2) is 5.67. The molecule has 1 saturated heterocycles. The van der Waals surface area contributed by atoms with E-state index in [1.807, 2.05) is 31.3 Å². The summed E-state index contributed by atoms with van der Waals surface area (Å²) in [4.78, 5) is 2.46. The Balaban J connectivity index is 1.80. The standard InChI is InChI=1S/C14H20N4O/c1-2-19-11-10-17-8-5-6-12(17)14-16-15-13-7-3-4-9-18(13)14/h3-4,7,9,12H,2,5-6,8,10-11H2,1H3. The molecule has 2 aromatic heterocycles. The Morgan fingerprint density at radius 1 is 1.37 bits per heavy atom. The van der Waals surface area contributed by atoms with Gasteiger partial charge in [-0.05, 0) is 38.4 Å². The molecule has 3 rings (SSSR count). The van der Waals surface area contributed by atoms with Crippen molar-refractivity contribution in [3.05, 3.63) is 30.2 Å². The zero-order valence-electron chi connectivity index (χ0n) is 11.3. The van der Waals surface area contributed by atoms with Crippen LogP contribution in [0.5, 0.6) is 0 Å². The van der Waals surface area contributed by atoms with E-state index in [1.54, 1.807) is 0 Å². The largest absolute Gasteiger partial charge is 0.380 e. The summed E-state index contributed by atoms with van der Waals surface area (Å²) in [5.41, 5.74) is 0.925. The fourth-order valence-electron chi connectivity index (χ4n) is 2.80. The van der Waals surface area contributed by atoms with Crippen molar-refractivity contribution in [2.75, 3.05) is 26.3 Å². The predicted molar refractivity (Wildman–Crippen MR) is 73.0 cm³/mol. The van der Waals surface area contributed by atoms with Crippen LogP contribution in [0.1, 0.15) is 31.6 Å². The van der Waals surface area contributed by atoms with Gasteiger partial charge in [-0.1, -0.05) is 6.07 Å². The highest BCUT2D eigenvalue weighted by Crippen LogP contribution is 2.30. The van der Waals surface area contributed by atoms with Crippen LogP contribution in [0, 0.1) is 0 Å². The minimum atomic E-state index is 0.373. The Morgan fingerprint density at radius 2 is 2.32 bits per heavy atom. The fraction of sp³-hybridized carbons (Fsp3) is 0.571. The fourth-order valence-corrected chi connectivity index (χ4v) is 2.80. The first-order chi connectivity index (χ1) is 9.40. The van der Waals surface area contributed by atoms with Crippen molar-refractivity contribution in [3.63, 3.8) is 0 Å². The maximum atomic E-state index is 5.46. The Morgan fingerprint density at radius 3 is 3.21 bits per heavy atom. The van der Waals surface area contributed by atoms with Gasteiger partial charge in [0.2, 0.25) is 0 Å². The summed E-state index contributed by atoms with van der Waals surface area (Å²) in [6, 6.07) is 6.39. The lowest BCUT2D eigenvalue weighted by atomic mass is 10.2. The summed E-state index contributed by atoms with van der Waals surface area (Å²) < 4.78 is 7.56. The maximum absolute atomic E-state index is 5.46. The number of likely N-dealkylation sites (tertiary alicyclic amines) is 1. The monoisotopic (exact) mass is 260 g/mol. The van der Waals surface area contributed by atoms with Gasteiger partial charge in [0.05, 0.1) is 12.6 Å². The first kappa shape index (κ1) is 12.6. The smallest absolute Gasteiger partial charge is 0.160 e. The molecule has 3 heterocycles. The van der Waals surface area contributed by atoms with Gasteiger partial charge >= 0.3 is 0 Å². The number of hydrogen-bond donors (Lipinski definition) is 0. The molecule has 1 unspecified atom stereocenters. The molecule has 0 aromatic carbocycles. The number of rotatable bonds is 5. The van der Waals surface area contributed by atoms with Gasteiger partial charge < -0.3 is 4.74 Å². The van der Waals surface area contributed by atoms with Gasteiger partial charge in [-0.3, -0.25) is 9.30 Å². The third-order valence-corrected chi connectivity index (χ3v) is 3.73. The Labute approximate surface area is 113 Å². The van der Waals surface area contributed by atoms with Crippen LogP contribution in [0.15, 0.2) is 24.4 Å². The molecule has 0 radical (unpaired) electrons. The molecule has 1 fully saturated rings. The predicted octanol–water partition coefficient (Wildman–Crippen LogP) is 1.90. The highest BCUT2D eigenvalue weighted by Gasteiger charge is 2.29. The quantitative estimate of drug-likeness (QED) is 0.770. The lowest BCUT2D eigenvalue weighted by Gasteiger charge is -2.22. The van der Waals surface area contributed by atoms with Crippen LogP contribution in [0.4, 0.5) is 0 Å². The van der Waals surface area contributed by atoms with Gasteiger partial charge in [0.25, 0.3) is 0 Å². The molecule has 1 aliphatic heterocycles. The zero-order chi connectivity index (χ0) is 13.1. The van der Waals surface area contributed by atoms with Crippen molar-refractivity contribution in [3.8, 4) is 0 Å². The van der Waals surface area contributed by atoms with Crippen molar-refractivity contribution in [2.24, 2.45) is 0 Å². The molecule has 0 aliphatic carbocycles. The molecular weight excluding hydrogens is 240 g/mol. The van der Waals surface area contributed by atoms with Gasteiger partial charge in [-0.2, -0.15) is 0 Å². The van der Waals surface area contributed by atoms with Crippen LogP contribution in [-0.2, 0) is 4.74 Å². The minimum Gasteiger partial charge on any atom is -0.380 e. The number of ether oxygens (including phenoxy) is 1. The van der Waals surface area contributed by atoms with Crippen molar-refractivity contribution in [1.82, 2.24) is 19.5 Å². The molecule has 0 bridgehead atoms. The van der Waals surface area contributed by atoms with Crippen LogP contribution >= 0.6 is 0 Å². The van der Waals surface area contributed by atoms with E-state index in [0.29, 0.717) is 6.04 Å². The number of hydrogen-bond acceptors (Lipinski definition) is 4. The van der Waals surface area contributed by atoms with Gasteiger partial charge in [0, 0.05) is 19.3 Å². The first-order valence-corrected chi connectivity index (χ1v) is 7.01. The average molecular weight is 260 g/mol. The molecule has 5 nitrogen and oxygen atoms in total. The van der Waals surface area contributed by atoms with E-state index >= 15 is 0 Å². The molecule has 19 heavy (non-hydrogen) atoms. The Hall–Kier alpha value is -1.46. The van der Waals surface area contributed by atoms with E-state index < -0.39 is 0 Å². The second-order valence-electron chi connectivity index (χ2n) is 4.88. The molecule has 1 atom stereocenters. The molecule has 1 aliphatic rings. The maximum Gasteiger partial charge on any atom is 0.160 e. The molecule has 0 spiro atoms. The zero-order valence-corrected chi connectivity index (χ0v) is 11.3. The third kappa shape index (κ3) is 2.48. The van der Waals surface area contributed by atoms with Gasteiger partial charge in [0.1, 0.15) is 0 Å². The summed E-state index contributed by atoms with van der Waals surface area (Å²) in [6.45, 7) is 5.71.